The predicted molar refractivity (Wildman–Crippen MR) is 102 cm³/mol. The van der Waals surface area contributed by atoms with Crippen LogP contribution >= 0.6 is 24.0 Å². The van der Waals surface area contributed by atoms with Gasteiger partial charge in [0, 0.05) is 44.0 Å². The highest BCUT2D eigenvalue weighted by atomic mass is 127. The van der Waals surface area contributed by atoms with Crippen LogP contribution in [0.5, 0.6) is 0 Å². The molecule has 2 aromatic rings. The molecule has 0 fully saturated rings. The minimum absolute atomic E-state index is 0. The quantitative estimate of drug-likeness (QED) is 0.289. The minimum atomic E-state index is -4.57. The third kappa shape index (κ3) is 6.04. The van der Waals surface area contributed by atoms with Crippen LogP contribution in [-0.2, 0) is 19.8 Å². The summed E-state index contributed by atoms with van der Waals surface area (Å²) in [4.78, 5) is 3.90. The lowest BCUT2D eigenvalue weighted by atomic mass is 10.1. The highest BCUT2D eigenvalue weighted by molar-refractivity contribution is 14.0. The predicted octanol–water partition coefficient (Wildman–Crippen LogP) is 3.76. The van der Waals surface area contributed by atoms with E-state index in [-0.39, 0.29) is 47.6 Å². The van der Waals surface area contributed by atoms with Gasteiger partial charge < -0.3 is 10.6 Å². The Hall–Kier alpha value is -1.92. The molecule has 0 aliphatic rings. The number of nitrogens with zero attached hydrogens (tertiary/aromatic N) is 3. The lowest BCUT2D eigenvalue weighted by Gasteiger charge is -2.19. The smallest absolute Gasteiger partial charge is 0.352 e. The minimum Gasteiger partial charge on any atom is -0.352 e. The van der Waals surface area contributed by atoms with E-state index in [0.717, 1.165) is 16.8 Å². The molecule has 0 aliphatic heterocycles. The summed E-state index contributed by atoms with van der Waals surface area (Å²) in [6.07, 6.45) is -3.31. The van der Waals surface area contributed by atoms with E-state index in [9.17, 15) is 22.0 Å². The van der Waals surface area contributed by atoms with Crippen molar-refractivity contribution in [3.63, 3.8) is 0 Å². The first-order valence-corrected chi connectivity index (χ1v) is 7.63. The van der Waals surface area contributed by atoms with E-state index < -0.39 is 29.5 Å². The molecule has 150 valence electrons. The molecule has 1 aromatic heterocycles. The van der Waals surface area contributed by atoms with Crippen LogP contribution in [0.1, 0.15) is 29.8 Å². The molecule has 27 heavy (non-hydrogen) atoms. The number of nitrogens with one attached hydrogen (secondary N) is 2. The van der Waals surface area contributed by atoms with Gasteiger partial charge in [0.25, 0.3) is 0 Å². The molecular formula is C16H19F5IN5. The molecule has 0 saturated heterocycles. The van der Waals surface area contributed by atoms with Crippen molar-refractivity contribution in [3.05, 3.63) is 52.9 Å². The van der Waals surface area contributed by atoms with E-state index in [1.165, 1.54) is 26.4 Å². The Kier molecular flexibility index (Phi) is 7.99. The van der Waals surface area contributed by atoms with E-state index in [0.29, 0.717) is 0 Å². The SMILES string of the molecule is CN=C(NCc1cn(C)nc1C(F)(F)F)NC(C)c1ccc(F)cc1F.I. The summed E-state index contributed by atoms with van der Waals surface area (Å²) in [5, 5.41) is 9.00. The Balaban J connectivity index is 0.00000364. The number of hydrogen-bond donors (Lipinski definition) is 2. The summed E-state index contributed by atoms with van der Waals surface area (Å²) in [6.45, 7) is 1.44. The van der Waals surface area contributed by atoms with Gasteiger partial charge in [0.1, 0.15) is 11.6 Å². The Morgan fingerprint density at radius 2 is 1.96 bits per heavy atom. The van der Waals surface area contributed by atoms with Gasteiger partial charge in [-0.15, -0.1) is 24.0 Å². The van der Waals surface area contributed by atoms with Crippen LogP contribution in [0.3, 0.4) is 0 Å². The van der Waals surface area contributed by atoms with Gasteiger partial charge in [0.15, 0.2) is 11.7 Å². The van der Waals surface area contributed by atoms with Crippen LogP contribution in [0.2, 0.25) is 0 Å². The summed E-state index contributed by atoms with van der Waals surface area (Å²) in [6, 6.07) is 2.59. The Labute approximate surface area is 170 Å². The van der Waals surface area contributed by atoms with Gasteiger partial charge in [-0.25, -0.2) is 8.78 Å². The van der Waals surface area contributed by atoms with E-state index in [1.807, 2.05) is 0 Å². The van der Waals surface area contributed by atoms with Crippen molar-refractivity contribution in [1.29, 1.82) is 0 Å². The zero-order valence-electron chi connectivity index (χ0n) is 14.7. The first-order valence-electron chi connectivity index (χ1n) is 7.63. The second-order valence-corrected chi connectivity index (χ2v) is 5.63. The van der Waals surface area contributed by atoms with Gasteiger partial charge in [-0.2, -0.15) is 18.3 Å². The van der Waals surface area contributed by atoms with Crippen LogP contribution in [0.4, 0.5) is 22.0 Å². The van der Waals surface area contributed by atoms with E-state index in [4.69, 9.17) is 0 Å². The molecule has 1 atom stereocenters. The average molecular weight is 503 g/mol. The van der Waals surface area contributed by atoms with Crippen LogP contribution < -0.4 is 10.6 Å². The lowest BCUT2D eigenvalue weighted by Crippen LogP contribution is -2.38. The largest absolute Gasteiger partial charge is 0.435 e. The fourth-order valence-electron chi connectivity index (χ4n) is 2.41. The molecule has 0 spiro atoms. The van der Waals surface area contributed by atoms with Gasteiger partial charge in [0.2, 0.25) is 0 Å². The van der Waals surface area contributed by atoms with Crippen molar-refractivity contribution in [3.8, 4) is 0 Å². The van der Waals surface area contributed by atoms with E-state index in [2.05, 4.69) is 20.7 Å². The van der Waals surface area contributed by atoms with Gasteiger partial charge >= 0.3 is 6.18 Å². The average Bonchev–Trinajstić information content (AvgIpc) is 2.92. The van der Waals surface area contributed by atoms with Crippen LogP contribution in [-0.4, -0.2) is 22.8 Å². The number of halogens is 6. The van der Waals surface area contributed by atoms with Crippen molar-refractivity contribution in [2.45, 2.75) is 25.7 Å². The topological polar surface area (TPSA) is 54.2 Å². The molecule has 2 N–H and O–H groups in total. The summed E-state index contributed by atoms with van der Waals surface area (Å²) in [5.74, 6) is -1.26. The molecule has 0 aliphatic carbocycles. The monoisotopic (exact) mass is 503 g/mol. The Morgan fingerprint density at radius 3 is 2.52 bits per heavy atom. The zero-order chi connectivity index (χ0) is 19.5. The van der Waals surface area contributed by atoms with Crippen molar-refractivity contribution in [2.75, 3.05) is 7.05 Å². The number of rotatable bonds is 4. The maximum absolute atomic E-state index is 13.8. The summed E-state index contributed by atoms with van der Waals surface area (Å²) >= 11 is 0. The third-order valence-corrected chi connectivity index (χ3v) is 3.63. The fourth-order valence-corrected chi connectivity index (χ4v) is 2.41. The second-order valence-electron chi connectivity index (χ2n) is 5.63. The normalized spacial score (nSPS) is 13.1. The maximum Gasteiger partial charge on any atom is 0.435 e. The summed E-state index contributed by atoms with van der Waals surface area (Å²) in [5.41, 5.74) is -0.837. The summed E-state index contributed by atoms with van der Waals surface area (Å²) < 4.78 is 66.7. The zero-order valence-corrected chi connectivity index (χ0v) is 17.1. The molecule has 1 heterocycles. The molecule has 0 radical (unpaired) electrons. The molecule has 1 unspecified atom stereocenters. The molecule has 5 nitrogen and oxygen atoms in total. The number of aryl methyl sites for hydroxylation is 1. The van der Waals surface area contributed by atoms with Crippen molar-refractivity contribution < 1.29 is 22.0 Å². The van der Waals surface area contributed by atoms with Crippen LogP contribution in [0, 0.1) is 11.6 Å². The van der Waals surface area contributed by atoms with E-state index in [1.54, 1.807) is 6.92 Å². The third-order valence-electron chi connectivity index (χ3n) is 3.63. The molecule has 2 rings (SSSR count). The van der Waals surface area contributed by atoms with Gasteiger partial charge in [0.05, 0.1) is 6.04 Å². The molecule has 0 saturated carbocycles. The molecular weight excluding hydrogens is 484 g/mol. The molecule has 11 heteroatoms. The van der Waals surface area contributed by atoms with Gasteiger partial charge in [-0.05, 0) is 13.0 Å². The number of hydrogen-bond acceptors (Lipinski definition) is 2. The lowest BCUT2D eigenvalue weighted by molar-refractivity contribution is -0.142. The highest BCUT2D eigenvalue weighted by Gasteiger charge is 2.36. The first kappa shape index (κ1) is 23.1. The van der Waals surface area contributed by atoms with Gasteiger partial charge in [-0.1, -0.05) is 6.07 Å². The Bertz CT molecular complexity index is 803. The van der Waals surface area contributed by atoms with Crippen molar-refractivity contribution in [2.24, 2.45) is 12.0 Å². The maximum atomic E-state index is 13.8. The number of guanidine groups is 1. The van der Waals surface area contributed by atoms with E-state index >= 15 is 0 Å². The second kappa shape index (κ2) is 9.33. The molecule has 0 bridgehead atoms. The number of benzene rings is 1. The number of alkyl halides is 3. The number of aliphatic imine (C=N–C) groups is 1. The van der Waals surface area contributed by atoms with Crippen molar-refractivity contribution >= 4 is 29.9 Å². The number of aromatic nitrogens is 2. The summed E-state index contributed by atoms with van der Waals surface area (Å²) in [7, 11) is 2.82. The molecule has 1 aromatic carbocycles. The first-order chi connectivity index (χ1) is 12.1. The van der Waals surface area contributed by atoms with Gasteiger partial charge in [-0.3, -0.25) is 9.67 Å². The van der Waals surface area contributed by atoms with Crippen LogP contribution in [0.25, 0.3) is 0 Å². The Morgan fingerprint density at radius 1 is 1.30 bits per heavy atom. The van der Waals surface area contributed by atoms with Crippen molar-refractivity contribution in [1.82, 2.24) is 20.4 Å². The standard InChI is InChI=1S/C16H18F5N5.HI/c1-9(12-5-4-11(17)6-13(12)18)24-15(22-2)23-7-10-8-26(3)25-14(10)16(19,20)21;/h4-6,8-9H,7H2,1-3H3,(H2,22,23,24);1H. The molecule has 0 amide bonds. The fraction of sp³-hybridized carbons (Fsp3) is 0.375. The highest BCUT2D eigenvalue weighted by Crippen LogP contribution is 2.30. The van der Waals surface area contributed by atoms with Crippen LogP contribution in [0.15, 0.2) is 29.4 Å².